The Bertz CT molecular complexity index is 346. The van der Waals surface area contributed by atoms with Gasteiger partial charge in [0.2, 0.25) is 0 Å². The zero-order chi connectivity index (χ0) is 10.9. The Hall–Kier alpha value is -1.25. The van der Waals surface area contributed by atoms with Crippen LogP contribution in [0.3, 0.4) is 0 Å². The first-order valence-electron chi connectivity index (χ1n) is 5.53. The number of hydrogen-bond donors (Lipinski definition) is 2. The van der Waals surface area contributed by atoms with Crippen molar-refractivity contribution in [2.75, 3.05) is 11.1 Å². The molecule has 0 aromatic carbocycles. The van der Waals surface area contributed by atoms with Crippen molar-refractivity contribution in [1.29, 1.82) is 0 Å². The number of nitrogens with one attached hydrogen (secondary N) is 1. The second-order valence-corrected chi connectivity index (χ2v) is 5.21. The molecule has 1 atom stereocenters. The Morgan fingerprint density at radius 3 is 2.93 bits per heavy atom. The van der Waals surface area contributed by atoms with Crippen molar-refractivity contribution in [1.82, 2.24) is 4.98 Å². The topological polar surface area (TPSA) is 50.9 Å². The summed E-state index contributed by atoms with van der Waals surface area (Å²) in [5, 5.41) is 3.50. The van der Waals surface area contributed by atoms with Gasteiger partial charge in [-0.3, -0.25) is 4.98 Å². The molecule has 0 amide bonds. The van der Waals surface area contributed by atoms with Gasteiger partial charge in [0, 0.05) is 12.2 Å². The summed E-state index contributed by atoms with van der Waals surface area (Å²) in [6.45, 7) is 4.65. The van der Waals surface area contributed by atoms with E-state index in [1.807, 2.05) is 6.07 Å². The zero-order valence-corrected chi connectivity index (χ0v) is 9.46. The van der Waals surface area contributed by atoms with E-state index in [0.29, 0.717) is 11.5 Å². The number of nitrogen functional groups attached to an aromatic ring is 1. The van der Waals surface area contributed by atoms with Crippen molar-refractivity contribution in [3.8, 4) is 0 Å². The van der Waals surface area contributed by atoms with Crippen LogP contribution in [0.5, 0.6) is 0 Å². The minimum atomic E-state index is 0.472. The van der Waals surface area contributed by atoms with Gasteiger partial charge in [0.1, 0.15) is 0 Å². The highest BCUT2D eigenvalue weighted by atomic mass is 15.0. The summed E-state index contributed by atoms with van der Waals surface area (Å²) in [7, 11) is 0. The lowest BCUT2D eigenvalue weighted by molar-refractivity contribution is 0.378. The van der Waals surface area contributed by atoms with Crippen LogP contribution in [0.25, 0.3) is 0 Å². The van der Waals surface area contributed by atoms with Gasteiger partial charge in [0.25, 0.3) is 0 Å². The first-order valence-corrected chi connectivity index (χ1v) is 5.53. The molecule has 0 saturated heterocycles. The molecule has 1 fully saturated rings. The predicted octanol–water partition coefficient (Wildman–Crippen LogP) is 2.65. The van der Waals surface area contributed by atoms with Gasteiger partial charge < -0.3 is 11.1 Å². The monoisotopic (exact) mass is 205 g/mol. The van der Waals surface area contributed by atoms with Crippen molar-refractivity contribution in [2.45, 2.75) is 39.2 Å². The molecule has 1 aliphatic carbocycles. The maximum Gasteiger partial charge on any atom is 0.0736 e. The minimum absolute atomic E-state index is 0.472. The Labute approximate surface area is 91.1 Å². The van der Waals surface area contributed by atoms with Gasteiger partial charge in [-0.15, -0.1) is 0 Å². The van der Waals surface area contributed by atoms with Gasteiger partial charge in [-0.2, -0.15) is 0 Å². The van der Waals surface area contributed by atoms with Gasteiger partial charge in [0.05, 0.1) is 17.6 Å². The van der Waals surface area contributed by atoms with E-state index in [2.05, 4.69) is 24.1 Å². The second-order valence-electron chi connectivity index (χ2n) is 5.21. The average Bonchev–Trinajstić information content (AvgIpc) is 2.50. The van der Waals surface area contributed by atoms with Crippen LogP contribution in [-0.2, 0) is 0 Å². The Morgan fingerprint density at radius 1 is 1.53 bits per heavy atom. The highest BCUT2D eigenvalue weighted by Gasteiger charge is 2.30. The molecule has 1 heterocycles. The molecule has 1 unspecified atom stereocenters. The average molecular weight is 205 g/mol. The number of hydrogen-bond acceptors (Lipinski definition) is 3. The third kappa shape index (κ3) is 2.41. The molecule has 3 N–H and O–H groups in total. The number of pyridine rings is 1. The summed E-state index contributed by atoms with van der Waals surface area (Å²) in [6.07, 6.45) is 7.21. The van der Waals surface area contributed by atoms with Crippen molar-refractivity contribution in [2.24, 2.45) is 5.41 Å². The minimum Gasteiger partial charge on any atom is -0.396 e. The summed E-state index contributed by atoms with van der Waals surface area (Å²) in [4.78, 5) is 3.98. The summed E-state index contributed by atoms with van der Waals surface area (Å²) in [5.41, 5.74) is 8.07. The summed E-state index contributed by atoms with van der Waals surface area (Å²) in [5.74, 6) is 0. The van der Waals surface area contributed by atoms with Gasteiger partial charge in [0.15, 0.2) is 0 Å². The van der Waals surface area contributed by atoms with E-state index < -0.39 is 0 Å². The molecule has 0 radical (unpaired) electrons. The van der Waals surface area contributed by atoms with E-state index in [1.165, 1.54) is 19.3 Å². The summed E-state index contributed by atoms with van der Waals surface area (Å²) >= 11 is 0. The molecular formula is C12H19N3. The molecule has 0 bridgehead atoms. The van der Waals surface area contributed by atoms with Crippen molar-refractivity contribution >= 4 is 11.4 Å². The van der Waals surface area contributed by atoms with Gasteiger partial charge in [-0.25, -0.2) is 0 Å². The van der Waals surface area contributed by atoms with Gasteiger partial charge >= 0.3 is 0 Å². The van der Waals surface area contributed by atoms with Crippen LogP contribution in [0.15, 0.2) is 18.5 Å². The Balaban J connectivity index is 2.02. The fourth-order valence-electron chi connectivity index (χ4n) is 2.32. The fraction of sp³-hybridized carbons (Fsp3) is 0.583. The van der Waals surface area contributed by atoms with Crippen LogP contribution in [0, 0.1) is 5.41 Å². The molecule has 15 heavy (non-hydrogen) atoms. The lowest BCUT2D eigenvalue weighted by atomic mass is 9.92. The molecule has 1 aromatic rings. The largest absolute Gasteiger partial charge is 0.396 e. The highest BCUT2D eigenvalue weighted by molar-refractivity contribution is 5.64. The predicted molar refractivity (Wildman–Crippen MR) is 63.7 cm³/mol. The van der Waals surface area contributed by atoms with Crippen LogP contribution in [0.2, 0.25) is 0 Å². The number of anilines is 2. The van der Waals surface area contributed by atoms with E-state index in [9.17, 15) is 0 Å². The smallest absolute Gasteiger partial charge is 0.0736 e. The van der Waals surface area contributed by atoms with Gasteiger partial charge in [-0.1, -0.05) is 13.8 Å². The molecule has 82 valence electrons. The number of nitrogens with zero attached hydrogens (tertiary/aromatic N) is 1. The van der Waals surface area contributed by atoms with E-state index >= 15 is 0 Å². The number of nitrogens with two attached hydrogens (primary N) is 1. The molecule has 1 saturated carbocycles. The molecule has 0 aliphatic heterocycles. The summed E-state index contributed by atoms with van der Waals surface area (Å²) in [6, 6.07) is 2.50. The molecule has 2 rings (SSSR count). The molecule has 3 nitrogen and oxygen atoms in total. The third-order valence-corrected chi connectivity index (χ3v) is 3.18. The lowest BCUT2D eigenvalue weighted by Crippen LogP contribution is -2.18. The first-order chi connectivity index (χ1) is 7.07. The second kappa shape index (κ2) is 3.72. The maximum absolute atomic E-state index is 5.84. The molecule has 3 heteroatoms. The van der Waals surface area contributed by atoms with Crippen molar-refractivity contribution < 1.29 is 0 Å². The van der Waals surface area contributed by atoms with Crippen LogP contribution in [-0.4, -0.2) is 11.0 Å². The Kier molecular flexibility index (Phi) is 2.55. The molecule has 1 aliphatic rings. The SMILES string of the molecule is CC1(C)CCC(Nc2ccncc2N)C1. The standard InChI is InChI=1S/C12H19N3/c1-12(2)5-3-9(7-12)15-11-4-6-14-8-10(11)13/h4,6,8-9H,3,5,7,13H2,1-2H3,(H,14,15). The Morgan fingerprint density at radius 2 is 2.33 bits per heavy atom. The van der Waals surface area contributed by atoms with Crippen LogP contribution in [0.4, 0.5) is 11.4 Å². The van der Waals surface area contributed by atoms with Crippen LogP contribution in [0.1, 0.15) is 33.1 Å². The number of rotatable bonds is 2. The van der Waals surface area contributed by atoms with E-state index in [0.717, 1.165) is 11.4 Å². The quantitative estimate of drug-likeness (QED) is 0.780. The number of aromatic nitrogens is 1. The van der Waals surface area contributed by atoms with E-state index in [-0.39, 0.29) is 0 Å². The van der Waals surface area contributed by atoms with E-state index in [1.54, 1.807) is 12.4 Å². The molecule has 1 aromatic heterocycles. The first kappa shape index (κ1) is 10.3. The highest BCUT2D eigenvalue weighted by Crippen LogP contribution is 2.38. The fourth-order valence-corrected chi connectivity index (χ4v) is 2.32. The normalized spacial score (nSPS) is 24.0. The van der Waals surface area contributed by atoms with Crippen LogP contribution < -0.4 is 11.1 Å². The zero-order valence-electron chi connectivity index (χ0n) is 9.46. The van der Waals surface area contributed by atoms with Crippen LogP contribution >= 0.6 is 0 Å². The molecule has 0 spiro atoms. The third-order valence-electron chi connectivity index (χ3n) is 3.18. The van der Waals surface area contributed by atoms with E-state index in [4.69, 9.17) is 5.73 Å². The van der Waals surface area contributed by atoms with Gasteiger partial charge in [-0.05, 0) is 30.7 Å². The molecular weight excluding hydrogens is 186 g/mol. The lowest BCUT2D eigenvalue weighted by Gasteiger charge is -2.19. The summed E-state index contributed by atoms with van der Waals surface area (Å²) < 4.78 is 0. The van der Waals surface area contributed by atoms with Crippen molar-refractivity contribution in [3.63, 3.8) is 0 Å². The van der Waals surface area contributed by atoms with Crippen molar-refractivity contribution in [3.05, 3.63) is 18.5 Å². The maximum atomic E-state index is 5.84.